The number of thiophene rings is 1. The van der Waals surface area contributed by atoms with Crippen LogP contribution in [-0.2, 0) is 11.0 Å². The van der Waals surface area contributed by atoms with Gasteiger partial charge in [0.25, 0.3) is 5.91 Å². The number of carbonyl (C=O) groups excluding carboxylic acids is 2. The maximum atomic E-state index is 13.6. The molecule has 0 unspecified atom stereocenters. The Labute approximate surface area is 184 Å². The van der Waals surface area contributed by atoms with Gasteiger partial charge in [0.05, 0.1) is 10.6 Å². The molecular formula is C20H19F3N6O2S. The molecule has 1 aliphatic rings. The largest absolute Gasteiger partial charge is 0.420 e. The van der Waals surface area contributed by atoms with Gasteiger partial charge in [-0.05, 0) is 43.5 Å². The van der Waals surface area contributed by atoms with Crippen molar-refractivity contribution >= 4 is 45.0 Å². The van der Waals surface area contributed by atoms with Crippen LogP contribution in [0.1, 0.15) is 19.4 Å². The van der Waals surface area contributed by atoms with Crippen LogP contribution in [0.5, 0.6) is 0 Å². The van der Waals surface area contributed by atoms with Gasteiger partial charge in [-0.3, -0.25) is 10.1 Å². The molecule has 1 fully saturated rings. The Kier molecular flexibility index (Phi) is 5.19. The summed E-state index contributed by atoms with van der Waals surface area (Å²) in [4.78, 5) is 33.4. The molecule has 0 radical (unpaired) electrons. The predicted octanol–water partition coefficient (Wildman–Crippen LogP) is 3.70. The van der Waals surface area contributed by atoms with E-state index in [1.807, 2.05) is 0 Å². The highest BCUT2D eigenvalue weighted by Gasteiger charge is 2.45. The van der Waals surface area contributed by atoms with Crippen LogP contribution in [0.3, 0.4) is 0 Å². The van der Waals surface area contributed by atoms with Gasteiger partial charge in [0, 0.05) is 29.7 Å². The fraction of sp³-hybridized carbons (Fsp3) is 0.300. The van der Waals surface area contributed by atoms with Crippen LogP contribution in [0, 0.1) is 0 Å². The number of benzene rings is 1. The molecule has 0 bridgehead atoms. The first-order chi connectivity index (χ1) is 15.0. The van der Waals surface area contributed by atoms with Gasteiger partial charge in [0.15, 0.2) is 0 Å². The van der Waals surface area contributed by atoms with E-state index in [4.69, 9.17) is 5.73 Å². The number of nitrogens with one attached hydrogen (secondary N) is 2. The number of anilines is 2. The first-order valence-electron chi connectivity index (χ1n) is 9.57. The molecule has 0 saturated carbocycles. The second kappa shape index (κ2) is 7.62. The lowest BCUT2D eigenvalue weighted by Crippen LogP contribution is -2.46. The molecule has 0 spiro atoms. The monoisotopic (exact) mass is 464 g/mol. The summed E-state index contributed by atoms with van der Waals surface area (Å²) in [5.41, 5.74) is 4.06. The van der Waals surface area contributed by atoms with Gasteiger partial charge in [-0.25, -0.2) is 14.8 Å². The Bertz CT molecular complexity index is 1220. The van der Waals surface area contributed by atoms with Crippen molar-refractivity contribution in [3.8, 4) is 10.6 Å². The van der Waals surface area contributed by atoms with Crippen LogP contribution in [0.15, 0.2) is 30.5 Å². The van der Waals surface area contributed by atoms with E-state index in [1.165, 1.54) is 16.2 Å². The summed E-state index contributed by atoms with van der Waals surface area (Å²) >= 11 is 1.17. The number of halogens is 3. The zero-order chi connectivity index (χ0) is 23.3. The van der Waals surface area contributed by atoms with Crippen molar-refractivity contribution in [1.29, 1.82) is 0 Å². The summed E-state index contributed by atoms with van der Waals surface area (Å²) in [6, 6.07) is 6.20. The number of aromatic nitrogens is 2. The van der Waals surface area contributed by atoms with Gasteiger partial charge in [-0.1, -0.05) is 0 Å². The normalized spacial score (nSPS) is 16.0. The number of fused-ring (bicyclic) bond motifs is 1. The van der Waals surface area contributed by atoms with Gasteiger partial charge in [0.2, 0.25) is 5.95 Å². The van der Waals surface area contributed by atoms with Crippen molar-refractivity contribution in [1.82, 2.24) is 20.2 Å². The lowest BCUT2D eigenvalue weighted by molar-refractivity contribution is -0.137. The first kappa shape index (κ1) is 21.8. The van der Waals surface area contributed by atoms with Gasteiger partial charge < -0.3 is 16.0 Å². The third-order valence-electron chi connectivity index (χ3n) is 5.18. The van der Waals surface area contributed by atoms with Gasteiger partial charge in [-0.15, -0.1) is 11.3 Å². The van der Waals surface area contributed by atoms with E-state index in [0.717, 1.165) is 16.3 Å². The van der Waals surface area contributed by atoms with Crippen molar-refractivity contribution in [2.24, 2.45) is 0 Å². The smallest absolute Gasteiger partial charge is 0.399 e. The van der Waals surface area contributed by atoms with E-state index in [0.29, 0.717) is 10.6 Å². The van der Waals surface area contributed by atoms with Crippen molar-refractivity contribution in [3.63, 3.8) is 0 Å². The van der Waals surface area contributed by atoms with Crippen molar-refractivity contribution in [3.05, 3.63) is 36.0 Å². The molecule has 12 heteroatoms. The highest BCUT2D eigenvalue weighted by molar-refractivity contribution is 7.22. The number of nitrogens with zero attached hydrogens (tertiary/aromatic N) is 3. The zero-order valence-corrected chi connectivity index (χ0v) is 17.9. The lowest BCUT2D eigenvalue weighted by Gasteiger charge is -2.27. The Morgan fingerprint density at radius 3 is 2.66 bits per heavy atom. The molecule has 2 aromatic heterocycles. The Morgan fingerprint density at radius 2 is 2.00 bits per heavy atom. The SMILES string of the molecule is CC1(C)C(=O)NC(=O)N1CCNc1ncc(C(F)(F)F)c(-c2cc3cc(N)ccc3s2)n1. The number of carbonyl (C=O) groups is 2. The minimum atomic E-state index is -4.64. The third-order valence-corrected chi connectivity index (χ3v) is 6.31. The molecule has 0 atom stereocenters. The number of amides is 3. The molecule has 1 saturated heterocycles. The van der Waals surface area contributed by atoms with Crippen LogP contribution in [-0.4, -0.2) is 45.4 Å². The minimum Gasteiger partial charge on any atom is -0.399 e. The van der Waals surface area contributed by atoms with Crippen LogP contribution < -0.4 is 16.4 Å². The highest BCUT2D eigenvalue weighted by atomic mass is 32.1. The van der Waals surface area contributed by atoms with Crippen LogP contribution in [0.4, 0.5) is 29.6 Å². The van der Waals surface area contributed by atoms with Crippen molar-refractivity contribution in [2.45, 2.75) is 25.6 Å². The molecule has 4 N–H and O–H groups in total. The average molecular weight is 464 g/mol. The average Bonchev–Trinajstić information content (AvgIpc) is 3.20. The van der Waals surface area contributed by atoms with Gasteiger partial charge >= 0.3 is 12.2 Å². The van der Waals surface area contributed by atoms with Gasteiger partial charge in [0.1, 0.15) is 11.1 Å². The number of imide groups is 1. The molecule has 3 heterocycles. The second-order valence-corrected chi connectivity index (χ2v) is 8.84. The molecule has 0 aliphatic carbocycles. The van der Waals surface area contributed by atoms with Crippen molar-refractivity contribution < 1.29 is 22.8 Å². The van der Waals surface area contributed by atoms with E-state index in [9.17, 15) is 22.8 Å². The zero-order valence-electron chi connectivity index (χ0n) is 17.1. The number of nitrogens with two attached hydrogens (primary N) is 1. The van der Waals surface area contributed by atoms with E-state index < -0.39 is 29.2 Å². The molecule has 8 nitrogen and oxygen atoms in total. The Hall–Kier alpha value is -3.41. The highest BCUT2D eigenvalue weighted by Crippen LogP contribution is 2.40. The standard InChI is InChI=1S/C20H19F3N6O2S/c1-19(2)16(30)28-18(31)29(19)6-5-25-17-26-9-12(20(21,22)23)15(27-17)14-8-10-7-11(24)3-4-13(10)32-14/h3-4,7-9H,5-6,24H2,1-2H3,(H,25,26,27)(H,28,30,31). The quantitative estimate of drug-likeness (QED) is 0.392. The second-order valence-electron chi connectivity index (χ2n) is 7.76. The van der Waals surface area contributed by atoms with E-state index in [-0.39, 0.29) is 24.7 Å². The summed E-state index contributed by atoms with van der Waals surface area (Å²) in [5.74, 6) is -0.435. The number of urea groups is 1. The summed E-state index contributed by atoms with van der Waals surface area (Å²) in [5, 5.41) is 5.79. The Balaban J connectivity index is 1.60. The fourth-order valence-electron chi connectivity index (χ4n) is 3.40. The first-order valence-corrected chi connectivity index (χ1v) is 10.4. The summed E-state index contributed by atoms with van der Waals surface area (Å²) in [7, 11) is 0. The maximum Gasteiger partial charge on any atom is 0.420 e. The molecule has 3 amide bonds. The van der Waals surface area contributed by atoms with Gasteiger partial charge in [-0.2, -0.15) is 13.2 Å². The van der Waals surface area contributed by atoms with Crippen molar-refractivity contribution in [2.75, 3.05) is 24.1 Å². The molecule has 1 aromatic carbocycles. The molecule has 168 valence electrons. The molecule has 1 aliphatic heterocycles. The third kappa shape index (κ3) is 3.93. The minimum absolute atomic E-state index is 0.0197. The van der Waals surface area contributed by atoms with Crippen LogP contribution in [0.2, 0.25) is 0 Å². The Morgan fingerprint density at radius 1 is 1.25 bits per heavy atom. The van der Waals surface area contributed by atoms with Crippen LogP contribution >= 0.6 is 11.3 Å². The number of hydrogen-bond donors (Lipinski definition) is 3. The number of rotatable bonds is 5. The maximum absolute atomic E-state index is 13.6. The number of alkyl halides is 3. The van der Waals surface area contributed by atoms with Crippen LogP contribution in [0.25, 0.3) is 20.7 Å². The topological polar surface area (TPSA) is 113 Å². The molecule has 32 heavy (non-hydrogen) atoms. The lowest BCUT2D eigenvalue weighted by atomic mass is 10.0. The van der Waals surface area contributed by atoms with E-state index in [2.05, 4.69) is 20.6 Å². The van der Waals surface area contributed by atoms with E-state index >= 15 is 0 Å². The fourth-order valence-corrected chi connectivity index (χ4v) is 4.44. The number of nitrogen functional groups attached to an aromatic ring is 1. The molecular weight excluding hydrogens is 445 g/mol. The summed E-state index contributed by atoms with van der Waals surface area (Å²) < 4.78 is 41.6. The number of hydrogen-bond acceptors (Lipinski definition) is 7. The summed E-state index contributed by atoms with van der Waals surface area (Å²) in [6.07, 6.45) is -3.90. The van der Waals surface area contributed by atoms with E-state index in [1.54, 1.807) is 38.1 Å². The molecule has 3 aromatic rings. The predicted molar refractivity (Wildman–Crippen MR) is 115 cm³/mol. The summed E-state index contributed by atoms with van der Waals surface area (Å²) in [6.45, 7) is 3.48. The molecule has 4 rings (SSSR count).